The highest BCUT2D eigenvalue weighted by Crippen LogP contribution is 2.40. The van der Waals surface area contributed by atoms with Crippen molar-refractivity contribution in [2.75, 3.05) is 44.0 Å². The quantitative estimate of drug-likeness (QED) is 0.355. The van der Waals surface area contributed by atoms with Gasteiger partial charge in [-0.1, -0.05) is 13.3 Å². The van der Waals surface area contributed by atoms with E-state index in [0.717, 1.165) is 55.0 Å². The number of ether oxygens (including phenoxy) is 2. The number of methoxy groups -OCH3 is 1. The number of aromatic nitrogens is 2. The second-order valence-corrected chi connectivity index (χ2v) is 10.0. The van der Waals surface area contributed by atoms with Crippen molar-refractivity contribution in [1.82, 2.24) is 15.1 Å². The summed E-state index contributed by atoms with van der Waals surface area (Å²) in [5, 5.41) is 14.5. The number of hydrogen-bond donors (Lipinski definition) is 4. The Morgan fingerprint density at radius 2 is 2.00 bits per heavy atom. The molecule has 1 aromatic heterocycles. The summed E-state index contributed by atoms with van der Waals surface area (Å²) in [5.74, 6) is 2.53. The Hall–Kier alpha value is -2.78. The van der Waals surface area contributed by atoms with Gasteiger partial charge in [-0.3, -0.25) is 10.8 Å². The Morgan fingerprint density at radius 1 is 1.17 bits per heavy atom. The third kappa shape index (κ3) is 5.73. The van der Waals surface area contributed by atoms with Gasteiger partial charge in [-0.25, -0.2) is 4.99 Å². The van der Waals surface area contributed by atoms with Crippen molar-refractivity contribution in [3.63, 3.8) is 0 Å². The molecule has 2 aromatic rings. The van der Waals surface area contributed by atoms with E-state index < -0.39 is 5.79 Å². The minimum atomic E-state index is -0.900. The van der Waals surface area contributed by atoms with Gasteiger partial charge in [0.05, 0.1) is 19.4 Å². The maximum atomic E-state index is 6.74. The van der Waals surface area contributed by atoms with E-state index in [9.17, 15) is 0 Å². The summed E-state index contributed by atoms with van der Waals surface area (Å²) in [6.07, 6.45) is 8.78. The maximum Gasteiger partial charge on any atom is 0.184 e. The molecule has 1 saturated carbocycles. The third-order valence-corrected chi connectivity index (χ3v) is 7.07. The number of nitrogens with zero attached hydrogens (tertiary/aromatic N) is 3. The lowest BCUT2D eigenvalue weighted by atomic mass is 10.0. The summed E-state index contributed by atoms with van der Waals surface area (Å²) in [6, 6.07) is 6.03. The lowest BCUT2D eigenvalue weighted by molar-refractivity contribution is 0.254. The molecule has 0 bridgehead atoms. The summed E-state index contributed by atoms with van der Waals surface area (Å²) in [6.45, 7) is 6.28. The van der Waals surface area contributed by atoms with Crippen LogP contribution in [0.1, 0.15) is 75.5 Å². The molecular weight excluding hydrogens is 442 g/mol. The van der Waals surface area contributed by atoms with Gasteiger partial charge in [0.15, 0.2) is 23.1 Å². The Balaban J connectivity index is 1.36. The molecule has 3 aliphatic rings. The molecule has 3 heterocycles. The average molecular weight is 482 g/mol. The van der Waals surface area contributed by atoms with E-state index in [1.54, 1.807) is 7.11 Å². The molecule has 1 unspecified atom stereocenters. The van der Waals surface area contributed by atoms with Crippen LogP contribution in [0.3, 0.4) is 0 Å². The van der Waals surface area contributed by atoms with Gasteiger partial charge in [-0.2, -0.15) is 5.10 Å². The van der Waals surface area contributed by atoms with Gasteiger partial charge in [0, 0.05) is 42.3 Å². The minimum Gasteiger partial charge on any atom is -0.493 e. The molecule has 5 rings (SSSR count). The number of H-pyrrole nitrogens is 1. The molecule has 35 heavy (non-hydrogen) atoms. The van der Waals surface area contributed by atoms with E-state index in [4.69, 9.17) is 20.2 Å². The number of anilines is 2. The van der Waals surface area contributed by atoms with E-state index in [2.05, 4.69) is 38.7 Å². The fourth-order valence-corrected chi connectivity index (χ4v) is 4.91. The van der Waals surface area contributed by atoms with Crippen LogP contribution in [-0.4, -0.2) is 60.1 Å². The van der Waals surface area contributed by atoms with Crippen LogP contribution in [0, 0.1) is 0 Å². The largest absolute Gasteiger partial charge is 0.493 e. The number of nitrogens with two attached hydrogens (primary N) is 1. The first-order valence-corrected chi connectivity index (χ1v) is 13.1. The second kappa shape index (κ2) is 10.5. The number of aliphatic imine (C=N–C) groups is 1. The van der Waals surface area contributed by atoms with Crippen molar-refractivity contribution >= 4 is 17.3 Å². The number of unbranched alkanes of at least 4 members (excludes halogenated alkanes) is 1. The number of likely N-dealkylation sites (tertiary alicyclic amines) is 1. The summed E-state index contributed by atoms with van der Waals surface area (Å²) in [7, 11) is 1.67. The fraction of sp³-hybridized carbons (Fsp3) is 0.615. The topological polar surface area (TPSA) is 113 Å². The summed E-state index contributed by atoms with van der Waals surface area (Å²) < 4.78 is 11.9. The zero-order chi connectivity index (χ0) is 24.3. The van der Waals surface area contributed by atoms with Crippen molar-refractivity contribution < 1.29 is 9.47 Å². The van der Waals surface area contributed by atoms with E-state index in [-0.39, 0.29) is 0 Å². The molecule has 1 saturated heterocycles. The number of aromatic amines is 1. The first-order valence-electron chi connectivity index (χ1n) is 13.1. The van der Waals surface area contributed by atoms with Crippen LogP contribution in [0.15, 0.2) is 23.2 Å². The predicted octanol–water partition coefficient (Wildman–Crippen LogP) is 4.25. The van der Waals surface area contributed by atoms with Gasteiger partial charge in [-0.05, 0) is 57.7 Å². The first kappa shape index (κ1) is 23.9. The van der Waals surface area contributed by atoms with Gasteiger partial charge in [0.1, 0.15) is 5.84 Å². The Kier molecular flexibility index (Phi) is 7.15. The highest BCUT2D eigenvalue weighted by Gasteiger charge is 2.33. The van der Waals surface area contributed by atoms with E-state index in [0.29, 0.717) is 24.1 Å². The summed E-state index contributed by atoms with van der Waals surface area (Å²) in [5.41, 5.74) is 9.68. The lowest BCUT2D eigenvalue weighted by Gasteiger charge is -2.34. The first-order chi connectivity index (χ1) is 17.1. The van der Waals surface area contributed by atoms with Crippen LogP contribution in [-0.2, 0) is 0 Å². The van der Waals surface area contributed by atoms with Crippen molar-refractivity contribution in [2.24, 2.45) is 10.7 Å². The van der Waals surface area contributed by atoms with Crippen molar-refractivity contribution in [1.29, 1.82) is 0 Å². The molecule has 9 nitrogen and oxygen atoms in total. The Bertz CT molecular complexity index is 1040. The van der Waals surface area contributed by atoms with Crippen LogP contribution < -0.4 is 25.8 Å². The molecular formula is C26H39N7O2. The van der Waals surface area contributed by atoms with Crippen molar-refractivity contribution in [3.8, 4) is 11.5 Å². The zero-order valence-corrected chi connectivity index (χ0v) is 21.0. The highest BCUT2D eigenvalue weighted by atomic mass is 16.5. The zero-order valence-electron chi connectivity index (χ0n) is 21.0. The molecule has 190 valence electrons. The molecule has 5 N–H and O–H groups in total. The normalized spacial score (nSPS) is 21.9. The van der Waals surface area contributed by atoms with Gasteiger partial charge < -0.3 is 25.0 Å². The minimum absolute atomic E-state index is 0.601. The predicted molar refractivity (Wildman–Crippen MR) is 140 cm³/mol. The maximum absolute atomic E-state index is 6.74. The van der Waals surface area contributed by atoms with Crippen LogP contribution in [0.25, 0.3) is 0 Å². The summed E-state index contributed by atoms with van der Waals surface area (Å²) >= 11 is 0. The third-order valence-electron chi connectivity index (χ3n) is 7.07. The SMILES string of the molecule is CCCCC1(N)N=C(Nc2cc(C3CC3)[nH]n2)c2cc(OC)c(OCCCN3CCCC3)cc2N1. The number of fused-ring (bicyclic) bond motifs is 1. The lowest BCUT2D eigenvalue weighted by Crippen LogP contribution is -2.50. The van der Waals surface area contributed by atoms with Crippen LogP contribution in [0.2, 0.25) is 0 Å². The Morgan fingerprint density at radius 3 is 2.74 bits per heavy atom. The Labute approximate surface area is 207 Å². The summed E-state index contributed by atoms with van der Waals surface area (Å²) in [4.78, 5) is 7.40. The molecule has 1 aromatic carbocycles. The number of rotatable bonds is 11. The average Bonchev–Trinajstić information content (AvgIpc) is 3.37. The van der Waals surface area contributed by atoms with E-state index >= 15 is 0 Å². The molecule has 0 spiro atoms. The molecule has 1 atom stereocenters. The van der Waals surface area contributed by atoms with Crippen LogP contribution in [0.4, 0.5) is 11.5 Å². The standard InChI is InChI=1S/C26H39N7O2/c1-3-4-10-26(27)29-21-16-23(35-14-7-13-33-11-5-6-12-33)22(34-2)15-19(21)25(30-26)28-24-17-20(31-32-24)18-8-9-18/h15-18,29H,3-14,27H2,1-2H3,(H2,28,30,31,32). The monoisotopic (exact) mass is 481 g/mol. The molecule has 0 radical (unpaired) electrons. The van der Waals surface area contributed by atoms with Crippen LogP contribution in [0.5, 0.6) is 11.5 Å². The van der Waals surface area contributed by atoms with Gasteiger partial charge in [0.25, 0.3) is 0 Å². The number of amidine groups is 1. The smallest absolute Gasteiger partial charge is 0.184 e. The molecule has 2 aliphatic heterocycles. The molecule has 0 amide bonds. The van der Waals surface area contributed by atoms with Gasteiger partial charge in [0.2, 0.25) is 0 Å². The van der Waals surface area contributed by atoms with Crippen LogP contribution >= 0.6 is 0 Å². The molecule has 9 heteroatoms. The van der Waals surface area contributed by atoms with Gasteiger partial charge >= 0.3 is 0 Å². The van der Waals surface area contributed by atoms with Crippen molar-refractivity contribution in [2.45, 2.75) is 70.0 Å². The number of hydrogen-bond acceptors (Lipinski definition) is 8. The van der Waals surface area contributed by atoms with Gasteiger partial charge in [-0.15, -0.1) is 0 Å². The number of benzene rings is 1. The fourth-order valence-electron chi connectivity index (χ4n) is 4.91. The highest BCUT2D eigenvalue weighted by molar-refractivity contribution is 6.13. The van der Waals surface area contributed by atoms with E-state index in [1.807, 2.05) is 12.1 Å². The van der Waals surface area contributed by atoms with E-state index in [1.165, 1.54) is 44.5 Å². The number of nitrogens with one attached hydrogen (secondary N) is 3. The molecule has 1 aliphatic carbocycles. The molecule has 2 fully saturated rings. The second-order valence-electron chi connectivity index (χ2n) is 10.0. The van der Waals surface area contributed by atoms with Crippen molar-refractivity contribution in [3.05, 3.63) is 29.5 Å².